The molecule has 0 aromatic heterocycles. The molecule has 1 aliphatic heterocycles. The highest BCUT2D eigenvalue weighted by molar-refractivity contribution is 14.0. The third-order valence-corrected chi connectivity index (χ3v) is 4.83. The van der Waals surface area contributed by atoms with Crippen LogP contribution in [0.25, 0.3) is 0 Å². The van der Waals surface area contributed by atoms with Crippen LogP contribution in [0.1, 0.15) is 55.5 Å². The number of nitrogens with two attached hydrogens (primary N) is 1. The summed E-state index contributed by atoms with van der Waals surface area (Å²) in [6, 6.07) is 8.03. The molecule has 0 spiro atoms. The zero-order valence-electron chi connectivity index (χ0n) is 16.5. The van der Waals surface area contributed by atoms with Crippen LogP contribution in [0.3, 0.4) is 0 Å². The Kier molecular flexibility index (Phi) is 11.3. The zero-order chi connectivity index (χ0) is 18.8. The van der Waals surface area contributed by atoms with Crippen molar-refractivity contribution in [3.05, 3.63) is 35.4 Å². The molecule has 0 aliphatic carbocycles. The van der Waals surface area contributed by atoms with Crippen molar-refractivity contribution in [3.63, 3.8) is 0 Å². The molecular formula is C20H34IN5O. The third-order valence-electron chi connectivity index (χ3n) is 4.83. The van der Waals surface area contributed by atoms with Crippen LogP contribution in [-0.4, -0.2) is 49.0 Å². The van der Waals surface area contributed by atoms with E-state index in [1.54, 1.807) is 12.1 Å². The summed E-state index contributed by atoms with van der Waals surface area (Å²) < 4.78 is 0. The van der Waals surface area contributed by atoms with Gasteiger partial charge in [-0.25, -0.2) is 4.99 Å². The minimum Gasteiger partial charge on any atom is -0.366 e. The molecule has 1 aromatic rings. The minimum absolute atomic E-state index is 0. The highest BCUT2D eigenvalue weighted by Gasteiger charge is 2.17. The van der Waals surface area contributed by atoms with E-state index in [0.717, 1.165) is 37.6 Å². The number of aliphatic imine (C=N–C) groups is 1. The highest BCUT2D eigenvalue weighted by atomic mass is 127. The van der Waals surface area contributed by atoms with Crippen LogP contribution in [0.2, 0.25) is 0 Å². The lowest BCUT2D eigenvalue weighted by Crippen LogP contribution is -2.41. The lowest BCUT2D eigenvalue weighted by atomic mass is 10.0. The van der Waals surface area contributed by atoms with Crippen LogP contribution in [0, 0.1) is 0 Å². The Bertz CT molecular complexity index is 608. The van der Waals surface area contributed by atoms with Crippen molar-refractivity contribution < 1.29 is 4.79 Å². The molecule has 27 heavy (non-hydrogen) atoms. The van der Waals surface area contributed by atoms with Gasteiger partial charge in [0.2, 0.25) is 5.91 Å². The van der Waals surface area contributed by atoms with Crippen LogP contribution in [0.5, 0.6) is 0 Å². The second-order valence-electron chi connectivity index (χ2n) is 6.92. The first kappa shape index (κ1) is 23.7. The second-order valence-corrected chi connectivity index (χ2v) is 6.92. The number of carbonyl (C=O) groups is 1. The van der Waals surface area contributed by atoms with Crippen molar-refractivity contribution in [2.45, 2.75) is 52.1 Å². The molecule has 152 valence electrons. The lowest BCUT2D eigenvalue weighted by Gasteiger charge is -2.33. The van der Waals surface area contributed by atoms with Crippen LogP contribution >= 0.6 is 24.0 Å². The summed E-state index contributed by atoms with van der Waals surface area (Å²) in [6.07, 6.45) is 5.12. The Labute approximate surface area is 180 Å². The number of hydrogen-bond acceptors (Lipinski definition) is 3. The summed E-state index contributed by atoms with van der Waals surface area (Å²) in [5.41, 5.74) is 6.83. The topological polar surface area (TPSA) is 82.7 Å². The van der Waals surface area contributed by atoms with E-state index in [4.69, 9.17) is 5.73 Å². The van der Waals surface area contributed by atoms with Gasteiger partial charge < -0.3 is 21.3 Å². The first-order valence-electron chi connectivity index (χ1n) is 9.75. The molecule has 0 saturated carbocycles. The Morgan fingerprint density at radius 3 is 2.85 bits per heavy atom. The molecule has 6 nitrogen and oxygen atoms in total. The van der Waals surface area contributed by atoms with Crippen molar-refractivity contribution in [2.24, 2.45) is 10.7 Å². The molecule has 0 radical (unpaired) electrons. The Balaban J connectivity index is 0.00000364. The van der Waals surface area contributed by atoms with Gasteiger partial charge in [0.05, 0.1) is 6.54 Å². The SMILES string of the molecule is CCNC(=NCc1cccc(C(N)=O)c1)NCCCN1CCCCC1C.I. The molecule has 1 aromatic carbocycles. The van der Waals surface area contributed by atoms with Gasteiger partial charge in [0, 0.05) is 31.2 Å². The second kappa shape index (κ2) is 12.9. The fourth-order valence-corrected chi connectivity index (χ4v) is 3.31. The number of nitrogens with zero attached hydrogens (tertiary/aromatic N) is 2. The van der Waals surface area contributed by atoms with Crippen LogP contribution < -0.4 is 16.4 Å². The largest absolute Gasteiger partial charge is 0.366 e. The van der Waals surface area contributed by atoms with Crippen LogP contribution in [-0.2, 0) is 6.54 Å². The van der Waals surface area contributed by atoms with Crippen molar-refractivity contribution in [3.8, 4) is 0 Å². The number of piperidine rings is 1. The summed E-state index contributed by atoms with van der Waals surface area (Å²) in [5.74, 6) is 0.400. The van der Waals surface area contributed by atoms with E-state index in [2.05, 4.69) is 34.4 Å². The van der Waals surface area contributed by atoms with E-state index in [-0.39, 0.29) is 24.0 Å². The molecule has 1 fully saturated rings. The molecule has 0 bridgehead atoms. The standard InChI is InChI=1S/C20H33N5O.HI/c1-3-22-20(23-11-7-13-25-12-5-4-8-16(25)2)24-15-17-9-6-10-18(14-17)19(21)26;/h6,9-10,14,16H,3-5,7-8,11-13,15H2,1-2H3,(H2,21,26)(H2,22,23,24);1H. The molecule has 1 unspecified atom stereocenters. The maximum atomic E-state index is 11.3. The van der Waals surface area contributed by atoms with Gasteiger partial charge in [-0.3, -0.25) is 4.79 Å². The average Bonchev–Trinajstić information content (AvgIpc) is 2.64. The third kappa shape index (κ3) is 8.47. The molecule has 1 aliphatic rings. The van der Waals surface area contributed by atoms with E-state index < -0.39 is 5.91 Å². The summed E-state index contributed by atoms with van der Waals surface area (Å²) >= 11 is 0. The number of nitrogens with one attached hydrogen (secondary N) is 2. The maximum Gasteiger partial charge on any atom is 0.248 e. The molecule has 4 N–H and O–H groups in total. The van der Waals surface area contributed by atoms with Gasteiger partial charge in [-0.1, -0.05) is 18.6 Å². The van der Waals surface area contributed by atoms with Crippen molar-refractivity contribution in [2.75, 3.05) is 26.2 Å². The molecular weight excluding hydrogens is 453 g/mol. The summed E-state index contributed by atoms with van der Waals surface area (Å²) in [7, 11) is 0. The van der Waals surface area contributed by atoms with Gasteiger partial charge in [0.25, 0.3) is 0 Å². The van der Waals surface area contributed by atoms with Gasteiger partial charge >= 0.3 is 0 Å². The minimum atomic E-state index is -0.409. The average molecular weight is 487 g/mol. The van der Waals surface area contributed by atoms with E-state index in [0.29, 0.717) is 18.2 Å². The lowest BCUT2D eigenvalue weighted by molar-refractivity contribution is 0.1000. The first-order chi connectivity index (χ1) is 12.6. The van der Waals surface area contributed by atoms with Gasteiger partial charge in [0.15, 0.2) is 5.96 Å². The molecule has 1 amide bonds. The molecule has 7 heteroatoms. The number of halogens is 1. The van der Waals surface area contributed by atoms with Gasteiger partial charge in [-0.05, 0) is 57.4 Å². The first-order valence-corrected chi connectivity index (χ1v) is 9.75. The van der Waals surface area contributed by atoms with Gasteiger partial charge in [-0.2, -0.15) is 0 Å². The number of rotatable bonds is 8. The normalized spacial score (nSPS) is 17.9. The number of hydrogen-bond donors (Lipinski definition) is 3. The molecule has 1 atom stereocenters. The smallest absolute Gasteiger partial charge is 0.248 e. The highest BCUT2D eigenvalue weighted by Crippen LogP contribution is 2.16. The van der Waals surface area contributed by atoms with Crippen LogP contribution in [0.4, 0.5) is 0 Å². The Morgan fingerprint density at radius 2 is 2.15 bits per heavy atom. The number of carbonyl (C=O) groups excluding carboxylic acids is 1. The van der Waals surface area contributed by atoms with E-state index >= 15 is 0 Å². The van der Waals surface area contributed by atoms with E-state index in [1.165, 1.54) is 25.8 Å². The summed E-state index contributed by atoms with van der Waals surface area (Å²) in [4.78, 5) is 18.5. The van der Waals surface area contributed by atoms with Crippen molar-refractivity contribution in [1.82, 2.24) is 15.5 Å². The molecule has 1 heterocycles. The maximum absolute atomic E-state index is 11.3. The number of amides is 1. The van der Waals surface area contributed by atoms with Crippen molar-refractivity contribution >= 4 is 35.8 Å². The number of likely N-dealkylation sites (tertiary alicyclic amines) is 1. The monoisotopic (exact) mass is 487 g/mol. The number of benzene rings is 1. The summed E-state index contributed by atoms with van der Waals surface area (Å²) in [5, 5.41) is 6.67. The molecule has 2 rings (SSSR count). The molecule has 1 saturated heterocycles. The van der Waals surface area contributed by atoms with E-state index in [1.807, 2.05) is 12.1 Å². The predicted molar refractivity (Wildman–Crippen MR) is 123 cm³/mol. The fourth-order valence-electron chi connectivity index (χ4n) is 3.31. The summed E-state index contributed by atoms with van der Waals surface area (Å²) in [6.45, 7) is 8.98. The predicted octanol–water partition coefficient (Wildman–Crippen LogP) is 2.72. The Morgan fingerprint density at radius 1 is 1.33 bits per heavy atom. The quantitative estimate of drug-likeness (QED) is 0.228. The van der Waals surface area contributed by atoms with Gasteiger partial charge in [-0.15, -0.1) is 24.0 Å². The van der Waals surface area contributed by atoms with Gasteiger partial charge in [0.1, 0.15) is 0 Å². The number of guanidine groups is 1. The van der Waals surface area contributed by atoms with E-state index in [9.17, 15) is 4.79 Å². The Hall–Kier alpha value is -1.35. The zero-order valence-corrected chi connectivity index (χ0v) is 18.9. The van der Waals surface area contributed by atoms with Crippen molar-refractivity contribution in [1.29, 1.82) is 0 Å². The fraction of sp³-hybridized carbons (Fsp3) is 0.600. The number of primary amides is 1. The van der Waals surface area contributed by atoms with Crippen LogP contribution in [0.15, 0.2) is 29.3 Å².